The molecule has 0 fully saturated rings. The molecule has 0 saturated carbocycles. The predicted octanol–water partition coefficient (Wildman–Crippen LogP) is 0.324. The van der Waals surface area contributed by atoms with Crippen molar-refractivity contribution in [1.82, 2.24) is 15.2 Å². The zero-order chi connectivity index (χ0) is 11.1. The topological polar surface area (TPSA) is 79.0 Å². The highest BCUT2D eigenvalue weighted by Crippen LogP contribution is 2.31. The third-order valence-corrected chi connectivity index (χ3v) is 2.71. The zero-order valence-electron chi connectivity index (χ0n) is 8.30. The van der Waals surface area contributed by atoms with Crippen LogP contribution in [0.15, 0.2) is 29.6 Å². The van der Waals surface area contributed by atoms with E-state index in [2.05, 4.69) is 15.2 Å². The van der Waals surface area contributed by atoms with Gasteiger partial charge in [-0.3, -0.25) is 9.59 Å². The normalized spacial score (nSPS) is 19.6. The number of hydrogen-bond acceptors (Lipinski definition) is 4. The fraction of sp³-hybridized carbons (Fsp3) is 0.200. The smallest absolute Gasteiger partial charge is 0.264 e. The molecular weight excluding hydrogens is 208 g/mol. The lowest BCUT2D eigenvalue weighted by Gasteiger charge is -2.09. The van der Waals surface area contributed by atoms with Gasteiger partial charge in [0.1, 0.15) is 6.33 Å². The van der Waals surface area contributed by atoms with Gasteiger partial charge in [0.2, 0.25) is 5.95 Å². The Labute approximate surface area is 90.7 Å². The first-order chi connectivity index (χ1) is 7.79. The summed E-state index contributed by atoms with van der Waals surface area (Å²) in [6, 6.07) is 0. The average molecular weight is 216 g/mol. The van der Waals surface area contributed by atoms with E-state index in [0.29, 0.717) is 24.0 Å². The van der Waals surface area contributed by atoms with E-state index in [1.54, 1.807) is 0 Å². The highest BCUT2D eigenvalue weighted by Gasteiger charge is 2.40. The molecule has 1 aromatic rings. The van der Waals surface area contributed by atoms with Crippen molar-refractivity contribution in [3.63, 3.8) is 0 Å². The van der Waals surface area contributed by atoms with Gasteiger partial charge in [0.05, 0.1) is 0 Å². The maximum absolute atomic E-state index is 12.0. The predicted molar refractivity (Wildman–Crippen MR) is 54.3 cm³/mol. The van der Waals surface area contributed by atoms with Crippen LogP contribution in [-0.2, 0) is 9.59 Å². The van der Waals surface area contributed by atoms with E-state index in [4.69, 9.17) is 0 Å². The van der Waals surface area contributed by atoms with Crippen LogP contribution in [0.2, 0.25) is 0 Å². The van der Waals surface area contributed by atoms with Crippen molar-refractivity contribution in [2.75, 3.05) is 4.90 Å². The third-order valence-electron chi connectivity index (χ3n) is 2.71. The summed E-state index contributed by atoms with van der Waals surface area (Å²) in [4.78, 5) is 28.8. The molecule has 6 heteroatoms. The summed E-state index contributed by atoms with van der Waals surface area (Å²) in [5, 5.41) is 6.16. The SMILES string of the molecule is O=C1C2=C(CC=CC2)C(=O)N1c1ncn[nH]1. The average Bonchev–Trinajstić information content (AvgIpc) is 2.89. The molecule has 2 heterocycles. The summed E-state index contributed by atoms with van der Waals surface area (Å²) in [6.07, 6.45) is 6.10. The van der Waals surface area contributed by atoms with Crippen molar-refractivity contribution in [3.8, 4) is 0 Å². The van der Waals surface area contributed by atoms with Crippen molar-refractivity contribution in [3.05, 3.63) is 29.6 Å². The number of aromatic amines is 1. The number of carbonyl (C=O) groups is 2. The van der Waals surface area contributed by atoms with Crippen molar-refractivity contribution >= 4 is 17.8 Å². The molecule has 1 aliphatic carbocycles. The minimum atomic E-state index is -0.291. The van der Waals surface area contributed by atoms with E-state index in [9.17, 15) is 9.59 Å². The van der Waals surface area contributed by atoms with E-state index < -0.39 is 0 Å². The third kappa shape index (κ3) is 1.06. The number of rotatable bonds is 1. The van der Waals surface area contributed by atoms with Gasteiger partial charge < -0.3 is 0 Å². The number of allylic oxidation sites excluding steroid dienone is 2. The van der Waals surface area contributed by atoms with Crippen LogP contribution < -0.4 is 4.90 Å². The number of imide groups is 1. The molecule has 0 bridgehead atoms. The van der Waals surface area contributed by atoms with Gasteiger partial charge in [0.25, 0.3) is 11.8 Å². The maximum Gasteiger partial charge on any atom is 0.264 e. The summed E-state index contributed by atoms with van der Waals surface area (Å²) in [5.74, 6) is -0.397. The molecule has 6 nitrogen and oxygen atoms in total. The second-order valence-corrected chi connectivity index (χ2v) is 3.59. The van der Waals surface area contributed by atoms with Gasteiger partial charge in [-0.15, -0.1) is 0 Å². The molecule has 2 amide bonds. The van der Waals surface area contributed by atoms with Crippen molar-refractivity contribution in [2.24, 2.45) is 0 Å². The highest BCUT2D eigenvalue weighted by molar-refractivity contribution is 6.32. The fourth-order valence-corrected chi connectivity index (χ4v) is 1.94. The van der Waals surface area contributed by atoms with Crippen molar-refractivity contribution in [1.29, 1.82) is 0 Å². The Morgan fingerprint density at radius 1 is 1.12 bits per heavy atom. The second kappa shape index (κ2) is 3.13. The number of carbonyl (C=O) groups excluding carboxylic acids is 2. The lowest BCUT2D eigenvalue weighted by molar-refractivity contribution is -0.120. The quantitative estimate of drug-likeness (QED) is 0.541. The number of anilines is 1. The number of nitrogens with one attached hydrogen (secondary N) is 1. The largest absolute Gasteiger partial charge is 0.268 e. The van der Waals surface area contributed by atoms with E-state index in [0.717, 1.165) is 4.90 Å². The number of nitrogens with zero attached hydrogens (tertiary/aromatic N) is 3. The van der Waals surface area contributed by atoms with Crippen LogP contribution in [0.3, 0.4) is 0 Å². The van der Waals surface area contributed by atoms with Gasteiger partial charge in [0, 0.05) is 11.1 Å². The zero-order valence-corrected chi connectivity index (χ0v) is 8.30. The van der Waals surface area contributed by atoms with Crippen LogP contribution in [-0.4, -0.2) is 27.0 Å². The van der Waals surface area contributed by atoms with E-state index in [1.807, 2.05) is 12.2 Å². The van der Waals surface area contributed by atoms with Crippen LogP contribution in [0.25, 0.3) is 0 Å². The second-order valence-electron chi connectivity index (χ2n) is 3.59. The van der Waals surface area contributed by atoms with Crippen molar-refractivity contribution < 1.29 is 9.59 Å². The summed E-state index contributed by atoms with van der Waals surface area (Å²) < 4.78 is 0. The number of amides is 2. The highest BCUT2D eigenvalue weighted by atomic mass is 16.2. The van der Waals surface area contributed by atoms with Gasteiger partial charge in [-0.1, -0.05) is 12.2 Å². The van der Waals surface area contributed by atoms with Gasteiger partial charge in [-0.25, -0.2) is 10.00 Å². The monoisotopic (exact) mass is 216 g/mol. The minimum Gasteiger partial charge on any atom is -0.268 e. The summed E-state index contributed by atoms with van der Waals surface area (Å²) in [6.45, 7) is 0. The number of H-pyrrole nitrogens is 1. The molecule has 1 aromatic heterocycles. The van der Waals surface area contributed by atoms with Crippen LogP contribution in [0.5, 0.6) is 0 Å². The molecule has 0 aromatic carbocycles. The first kappa shape index (κ1) is 9.02. The Bertz CT molecular complexity index is 497. The molecule has 1 aliphatic heterocycles. The van der Waals surface area contributed by atoms with Gasteiger partial charge in [0.15, 0.2) is 0 Å². The molecule has 2 aliphatic rings. The van der Waals surface area contributed by atoms with Crippen LogP contribution in [0.4, 0.5) is 5.95 Å². The molecule has 80 valence electrons. The lowest BCUT2D eigenvalue weighted by Crippen LogP contribution is -2.32. The molecule has 16 heavy (non-hydrogen) atoms. The Balaban J connectivity index is 2.02. The molecule has 1 N–H and O–H groups in total. The van der Waals surface area contributed by atoms with E-state index in [1.165, 1.54) is 6.33 Å². The standard InChI is InChI=1S/C10H8N4O2/c15-8-6-3-1-2-4-7(6)9(16)14(8)10-11-5-12-13-10/h1-2,5H,3-4H2,(H,11,12,13). The minimum absolute atomic E-state index is 0.185. The number of aromatic nitrogens is 3. The molecule has 0 atom stereocenters. The van der Waals surface area contributed by atoms with Crippen molar-refractivity contribution in [2.45, 2.75) is 12.8 Å². The Kier molecular flexibility index (Phi) is 1.76. The molecule has 0 saturated heterocycles. The maximum atomic E-state index is 12.0. The van der Waals surface area contributed by atoms with Crippen LogP contribution in [0.1, 0.15) is 12.8 Å². The molecule has 3 rings (SSSR count). The fourth-order valence-electron chi connectivity index (χ4n) is 1.94. The lowest BCUT2D eigenvalue weighted by atomic mass is 9.99. The van der Waals surface area contributed by atoms with Crippen LogP contribution in [0, 0.1) is 0 Å². The summed E-state index contributed by atoms with van der Waals surface area (Å²) in [7, 11) is 0. The summed E-state index contributed by atoms with van der Waals surface area (Å²) >= 11 is 0. The first-order valence-corrected chi connectivity index (χ1v) is 4.90. The van der Waals surface area contributed by atoms with Gasteiger partial charge >= 0.3 is 0 Å². The van der Waals surface area contributed by atoms with E-state index >= 15 is 0 Å². The van der Waals surface area contributed by atoms with E-state index in [-0.39, 0.29) is 17.8 Å². The Hall–Kier alpha value is -2.24. The van der Waals surface area contributed by atoms with Crippen LogP contribution >= 0.6 is 0 Å². The Morgan fingerprint density at radius 3 is 2.25 bits per heavy atom. The number of hydrogen-bond donors (Lipinski definition) is 1. The van der Waals surface area contributed by atoms with Gasteiger partial charge in [-0.05, 0) is 12.8 Å². The summed E-state index contributed by atoms with van der Waals surface area (Å²) in [5.41, 5.74) is 1.15. The first-order valence-electron chi connectivity index (χ1n) is 4.90. The molecular formula is C10H8N4O2. The Morgan fingerprint density at radius 2 is 1.75 bits per heavy atom. The molecule has 0 spiro atoms. The van der Waals surface area contributed by atoms with Gasteiger partial charge in [-0.2, -0.15) is 10.1 Å². The molecule has 0 radical (unpaired) electrons. The molecule has 0 unspecified atom stereocenters.